The minimum Gasteiger partial charge on any atom is -0.427 e. The molecule has 2 amide bonds. The lowest BCUT2D eigenvalue weighted by Gasteiger charge is -2.22. The summed E-state index contributed by atoms with van der Waals surface area (Å²) in [6, 6.07) is 6.51. The first-order chi connectivity index (χ1) is 10.5. The highest BCUT2D eigenvalue weighted by Gasteiger charge is 2.50. The van der Waals surface area contributed by atoms with Gasteiger partial charge in [-0.1, -0.05) is 25.1 Å². The second-order valence-corrected chi connectivity index (χ2v) is 5.76. The van der Waals surface area contributed by atoms with Crippen LogP contribution in [-0.2, 0) is 14.4 Å². The van der Waals surface area contributed by atoms with Crippen molar-refractivity contribution in [2.24, 2.45) is 17.8 Å². The summed E-state index contributed by atoms with van der Waals surface area (Å²) < 4.78 is 5.02. The van der Waals surface area contributed by atoms with Gasteiger partial charge in [0.1, 0.15) is 5.75 Å². The van der Waals surface area contributed by atoms with Crippen molar-refractivity contribution in [2.45, 2.75) is 20.3 Å². The fourth-order valence-corrected chi connectivity index (χ4v) is 3.25. The molecule has 1 saturated heterocycles. The third-order valence-electron chi connectivity index (χ3n) is 4.21. The van der Waals surface area contributed by atoms with Crippen LogP contribution in [0.3, 0.4) is 0 Å². The summed E-state index contributed by atoms with van der Waals surface area (Å²) in [6.07, 6.45) is 4.56. The minimum atomic E-state index is -0.442. The van der Waals surface area contributed by atoms with Gasteiger partial charge in [-0.25, -0.2) is 4.90 Å². The number of hydrogen-bond donors (Lipinski definition) is 0. The van der Waals surface area contributed by atoms with Gasteiger partial charge in [-0.2, -0.15) is 0 Å². The van der Waals surface area contributed by atoms with Crippen molar-refractivity contribution in [3.8, 4) is 5.75 Å². The predicted molar refractivity (Wildman–Crippen MR) is 80.1 cm³/mol. The standard InChI is InChI=1S/C17H17NO4/c1-10-5-3-8-14-15(10)17(21)18(16(14)20)12-6-4-7-13(9-12)22-11(2)19/h3-7,9-10,14-15H,8H2,1-2H3/t10-,14-,15+/m1/s1. The van der Waals surface area contributed by atoms with Gasteiger partial charge in [0.15, 0.2) is 0 Å². The van der Waals surface area contributed by atoms with Crippen molar-refractivity contribution in [1.29, 1.82) is 0 Å². The Balaban J connectivity index is 1.94. The first-order valence-corrected chi connectivity index (χ1v) is 7.32. The van der Waals surface area contributed by atoms with Crippen LogP contribution in [0.15, 0.2) is 36.4 Å². The van der Waals surface area contributed by atoms with Crippen LogP contribution >= 0.6 is 0 Å². The van der Waals surface area contributed by atoms with Gasteiger partial charge in [-0.3, -0.25) is 14.4 Å². The molecule has 5 heteroatoms. The van der Waals surface area contributed by atoms with Gasteiger partial charge in [0.2, 0.25) is 11.8 Å². The van der Waals surface area contributed by atoms with E-state index in [9.17, 15) is 14.4 Å². The van der Waals surface area contributed by atoms with E-state index in [-0.39, 0.29) is 29.6 Å². The topological polar surface area (TPSA) is 63.7 Å². The number of fused-ring (bicyclic) bond motifs is 1. The van der Waals surface area contributed by atoms with Crippen molar-refractivity contribution in [3.05, 3.63) is 36.4 Å². The highest BCUT2D eigenvalue weighted by Crippen LogP contribution is 2.40. The number of ether oxygens (including phenoxy) is 1. The quantitative estimate of drug-likeness (QED) is 0.364. The van der Waals surface area contributed by atoms with Crippen molar-refractivity contribution < 1.29 is 19.1 Å². The summed E-state index contributed by atoms with van der Waals surface area (Å²) in [4.78, 5) is 37.5. The minimum absolute atomic E-state index is 0.0526. The second-order valence-electron chi connectivity index (χ2n) is 5.76. The smallest absolute Gasteiger partial charge is 0.308 e. The van der Waals surface area contributed by atoms with E-state index in [1.165, 1.54) is 11.8 Å². The maximum Gasteiger partial charge on any atom is 0.308 e. The van der Waals surface area contributed by atoms with E-state index in [0.29, 0.717) is 17.9 Å². The van der Waals surface area contributed by atoms with E-state index >= 15 is 0 Å². The third kappa shape index (κ3) is 2.32. The number of carbonyl (C=O) groups is 3. The van der Waals surface area contributed by atoms with Crippen LogP contribution in [-0.4, -0.2) is 17.8 Å². The van der Waals surface area contributed by atoms with Crippen LogP contribution in [0, 0.1) is 17.8 Å². The number of esters is 1. The molecule has 0 radical (unpaired) electrons. The number of imide groups is 1. The number of rotatable bonds is 2. The average molecular weight is 299 g/mol. The normalized spacial score (nSPS) is 27.0. The maximum absolute atomic E-state index is 12.7. The first kappa shape index (κ1) is 14.5. The maximum atomic E-state index is 12.7. The summed E-state index contributed by atoms with van der Waals surface area (Å²) in [6.45, 7) is 3.26. The summed E-state index contributed by atoms with van der Waals surface area (Å²) in [7, 11) is 0. The zero-order valence-corrected chi connectivity index (χ0v) is 12.5. The van der Waals surface area contributed by atoms with E-state index in [1.54, 1.807) is 24.3 Å². The molecule has 0 bridgehead atoms. The molecule has 5 nitrogen and oxygen atoms in total. The monoisotopic (exact) mass is 299 g/mol. The first-order valence-electron chi connectivity index (χ1n) is 7.32. The van der Waals surface area contributed by atoms with Gasteiger partial charge in [-0.05, 0) is 24.5 Å². The largest absolute Gasteiger partial charge is 0.427 e. The predicted octanol–water partition coefficient (Wildman–Crippen LogP) is 2.31. The van der Waals surface area contributed by atoms with E-state index in [2.05, 4.69) is 0 Å². The number of allylic oxidation sites excluding steroid dienone is 2. The molecule has 22 heavy (non-hydrogen) atoms. The Morgan fingerprint density at radius 2 is 2.05 bits per heavy atom. The number of nitrogens with zero attached hydrogens (tertiary/aromatic N) is 1. The molecule has 0 saturated carbocycles. The molecule has 1 aliphatic heterocycles. The number of hydrogen-bond acceptors (Lipinski definition) is 4. The molecule has 1 aliphatic carbocycles. The van der Waals surface area contributed by atoms with Gasteiger partial charge >= 0.3 is 5.97 Å². The summed E-state index contributed by atoms with van der Waals surface area (Å²) in [5.41, 5.74) is 0.454. The highest BCUT2D eigenvalue weighted by molar-refractivity contribution is 6.22. The molecule has 1 aromatic rings. The lowest BCUT2D eigenvalue weighted by molar-refractivity contribution is -0.132. The Morgan fingerprint density at radius 1 is 1.27 bits per heavy atom. The highest BCUT2D eigenvalue weighted by atomic mass is 16.5. The van der Waals surface area contributed by atoms with Crippen molar-refractivity contribution >= 4 is 23.5 Å². The molecule has 1 fully saturated rings. The zero-order valence-electron chi connectivity index (χ0n) is 12.5. The van der Waals surface area contributed by atoms with Crippen molar-refractivity contribution in [1.82, 2.24) is 0 Å². The SMILES string of the molecule is CC(=O)Oc1cccc(N2C(=O)[C@H]3[C@H](C)C=CC[C@H]3C2=O)c1. The van der Waals surface area contributed by atoms with E-state index in [4.69, 9.17) is 4.74 Å². The fraction of sp³-hybridized carbons (Fsp3) is 0.353. The second kappa shape index (κ2) is 5.40. The molecule has 0 spiro atoms. The molecule has 2 aliphatic rings. The van der Waals surface area contributed by atoms with Crippen LogP contribution in [0.5, 0.6) is 5.75 Å². The van der Waals surface area contributed by atoms with Gasteiger partial charge in [-0.15, -0.1) is 0 Å². The number of benzene rings is 1. The lowest BCUT2D eigenvalue weighted by atomic mass is 9.78. The Hall–Kier alpha value is -2.43. The Labute approximate surface area is 128 Å². The summed E-state index contributed by atoms with van der Waals surface area (Å²) in [5, 5.41) is 0. The van der Waals surface area contributed by atoms with E-state index in [1.807, 2.05) is 19.1 Å². The number of carbonyl (C=O) groups excluding carboxylic acids is 3. The molecule has 114 valence electrons. The van der Waals surface area contributed by atoms with Gasteiger partial charge in [0, 0.05) is 13.0 Å². The van der Waals surface area contributed by atoms with Crippen LogP contribution < -0.4 is 9.64 Å². The zero-order chi connectivity index (χ0) is 15.9. The van der Waals surface area contributed by atoms with Crippen LogP contribution in [0.1, 0.15) is 20.3 Å². The molecule has 0 N–H and O–H groups in total. The van der Waals surface area contributed by atoms with Gasteiger partial charge in [0.05, 0.1) is 17.5 Å². The summed E-state index contributed by atoms with van der Waals surface area (Å²) in [5.74, 6) is -0.996. The average Bonchev–Trinajstić information content (AvgIpc) is 2.71. The molecule has 1 heterocycles. The number of amides is 2. The molecule has 0 unspecified atom stereocenters. The van der Waals surface area contributed by atoms with Gasteiger partial charge < -0.3 is 4.74 Å². The molecular formula is C17H17NO4. The van der Waals surface area contributed by atoms with E-state index in [0.717, 1.165) is 0 Å². The van der Waals surface area contributed by atoms with Crippen LogP contribution in [0.2, 0.25) is 0 Å². The Kier molecular flexibility index (Phi) is 3.56. The molecule has 1 aromatic carbocycles. The molecule has 3 atom stereocenters. The van der Waals surface area contributed by atoms with Crippen molar-refractivity contribution in [3.63, 3.8) is 0 Å². The Bertz CT molecular complexity index is 679. The molecular weight excluding hydrogens is 282 g/mol. The summed E-state index contributed by atoms with van der Waals surface area (Å²) >= 11 is 0. The van der Waals surface area contributed by atoms with Crippen molar-refractivity contribution in [2.75, 3.05) is 4.90 Å². The Morgan fingerprint density at radius 3 is 2.73 bits per heavy atom. The van der Waals surface area contributed by atoms with Crippen LogP contribution in [0.4, 0.5) is 5.69 Å². The lowest BCUT2D eigenvalue weighted by Crippen LogP contribution is -2.31. The van der Waals surface area contributed by atoms with E-state index < -0.39 is 5.97 Å². The molecule has 0 aromatic heterocycles. The molecule has 3 rings (SSSR count). The third-order valence-corrected chi connectivity index (χ3v) is 4.21. The fourth-order valence-electron chi connectivity index (χ4n) is 3.25. The van der Waals surface area contributed by atoms with Crippen LogP contribution in [0.25, 0.3) is 0 Å². The van der Waals surface area contributed by atoms with Gasteiger partial charge in [0.25, 0.3) is 0 Å². The number of anilines is 1.